The van der Waals surface area contributed by atoms with Gasteiger partial charge in [-0.3, -0.25) is 19.0 Å². The quantitative estimate of drug-likeness (QED) is 0.369. The summed E-state index contributed by atoms with van der Waals surface area (Å²) >= 11 is 0. The van der Waals surface area contributed by atoms with Crippen LogP contribution in [0.3, 0.4) is 0 Å². The Labute approximate surface area is 191 Å². The summed E-state index contributed by atoms with van der Waals surface area (Å²) in [5.41, 5.74) is -0.491. The number of carbonyl (C=O) groups excluding carboxylic acids is 2. The number of aryl methyl sites for hydroxylation is 1. The lowest BCUT2D eigenvalue weighted by Gasteiger charge is -2.16. The van der Waals surface area contributed by atoms with Crippen LogP contribution >= 0.6 is 0 Å². The average Bonchev–Trinajstić information content (AvgIpc) is 3.24. The smallest absolute Gasteiger partial charge is 0.408 e. The maximum absolute atomic E-state index is 12.8. The molecule has 2 aromatic heterocycles. The summed E-state index contributed by atoms with van der Waals surface area (Å²) in [6.45, 7) is -0.900. The number of tetrazole rings is 1. The number of carboxylic acid groups (broad SMARTS) is 1. The van der Waals surface area contributed by atoms with Crippen LogP contribution in [0.4, 0.5) is 4.79 Å². The number of hydrogen-bond donors (Lipinski definition) is 2. The minimum absolute atomic E-state index is 0.0134. The molecule has 1 atom stereocenters. The van der Waals surface area contributed by atoms with Gasteiger partial charge in [0.15, 0.2) is 11.6 Å². The summed E-state index contributed by atoms with van der Waals surface area (Å²) in [4.78, 5) is 60.4. The number of ketones is 1. The van der Waals surface area contributed by atoms with Crippen LogP contribution in [0.2, 0.25) is 0 Å². The molecular formula is C20H21N7O7. The standard InChI is InChI=1S/C20H21N7O7/c1-25-8-7-17(29)26(20(25)33)11-16-22-23-24-27(16)10-15(28)14(9-18(30)31)21-19(32)34-12-13-5-3-2-4-6-13/h2-8,14H,9-12H2,1H3,(H,21,32)(H,30,31). The maximum Gasteiger partial charge on any atom is 0.408 e. The molecule has 0 fully saturated rings. The van der Waals surface area contributed by atoms with Gasteiger partial charge in [-0.05, 0) is 16.0 Å². The topological polar surface area (TPSA) is 180 Å². The molecule has 178 valence electrons. The summed E-state index contributed by atoms with van der Waals surface area (Å²) < 4.78 is 8.13. The average molecular weight is 471 g/mol. The molecule has 0 saturated carbocycles. The number of amides is 1. The van der Waals surface area contributed by atoms with Crippen molar-refractivity contribution in [2.75, 3.05) is 0 Å². The third-order valence-corrected chi connectivity index (χ3v) is 4.72. The summed E-state index contributed by atoms with van der Waals surface area (Å²) in [5.74, 6) is -2.03. The Morgan fingerprint density at radius 1 is 1.15 bits per heavy atom. The number of aliphatic carboxylic acids is 1. The van der Waals surface area contributed by atoms with Crippen LogP contribution in [0, 0.1) is 0 Å². The molecule has 0 aliphatic rings. The first-order valence-electron chi connectivity index (χ1n) is 9.98. The Bertz CT molecular complexity index is 1300. The minimum atomic E-state index is -1.43. The van der Waals surface area contributed by atoms with Gasteiger partial charge >= 0.3 is 17.8 Å². The van der Waals surface area contributed by atoms with Crippen LogP contribution in [-0.4, -0.2) is 58.3 Å². The molecule has 14 heteroatoms. The van der Waals surface area contributed by atoms with Gasteiger partial charge in [-0.1, -0.05) is 30.3 Å². The summed E-state index contributed by atoms with van der Waals surface area (Å²) in [7, 11) is 1.46. The molecule has 0 spiro atoms. The Morgan fingerprint density at radius 3 is 2.59 bits per heavy atom. The molecule has 0 aliphatic carbocycles. The predicted octanol–water partition coefficient (Wildman–Crippen LogP) is -1.08. The number of hydrogen-bond acceptors (Lipinski definition) is 9. The van der Waals surface area contributed by atoms with E-state index in [0.717, 1.165) is 9.25 Å². The van der Waals surface area contributed by atoms with E-state index in [1.54, 1.807) is 30.3 Å². The fourth-order valence-corrected chi connectivity index (χ4v) is 2.95. The van der Waals surface area contributed by atoms with Crippen LogP contribution < -0.4 is 16.6 Å². The van der Waals surface area contributed by atoms with Crippen LogP contribution in [0.1, 0.15) is 17.8 Å². The van der Waals surface area contributed by atoms with Crippen molar-refractivity contribution in [1.29, 1.82) is 0 Å². The highest BCUT2D eigenvalue weighted by atomic mass is 16.5. The van der Waals surface area contributed by atoms with E-state index in [0.29, 0.717) is 5.56 Å². The molecule has 3 aromatic rings. The van der Waals surface area contributed by atoms with Crippen molar-refractivity contribution in [1.82, 2.24) is 34.7 Å². The fraction of sp³-hybridized carbons (Fsp3) is 0.300. The number of aromatic nitrogens is 6. The number of rotatable bonds is 10. The largest absolute Gasteiger partial charge is 0.481 e. The van der Waals surface area contributed by atoms with Gasteiger partial charge in [-0.15, -0.1) is 5.10 Å². The zero-order valence-corrected chi connectivity index (χ0v) is 18.0. The molecular weight excluding hydrogens is 450 g/mol. The number of carboxylic acids is 1. The Balaban J connectivity index is 1.69. The first-order chi connectivity index (χ1) is 16.2. The predicted molar refractivity (Wildman–Crippen MR) is 114 cm³/mol. The van der Waals surface area contributed by atoms with E-state index in [2.05, 4.69) is 20.8 Å². The van der Waals surface area contributed by atoms with Crippen molar-refractivity contribution < 1.29 is 24.2 Å². The fourth-order valence-electron chi connectivity index (χ4n) is 2.95. The van der Waals surface area contributed by atoms with Gasteiger partial charge in [0.25, 0.3) is 5.56 Å². The minimum Gasteiger partial charge on any atom is -0.481 e. The van der Waals surface area contributed by atoms with Crippen LogP contribution in [-0.2, 0) is 41.1 Å². The Morgan fingerprint density at radius 2 is 1.88 bits per heavy atom. The second kappa shape index (κ2) is 10.8. The first kappa shape index (κ1) is 24.0. The molecule has 1 amide bonds. The van der Waals surface area contributed by atoms with Gasteiger partial charge < -0.3 is 19.7 Å². The number of nitrogens with zero attached hydrogens (tertiary/aromatic N) is 6. The SMILES string of the molecule is Cn1ccc(=O)n(Cc2nnnn2CC(=O)C(CC(=O)O)NC(=O)OCc2ccccc2)c1=O. The van der Waals surface area contributed by atoms with Gasteiger partial charge in [0.2, 0.25) is 0 Å². The molecule has 0 bridgehead atoms. The molecule has 2 heterocycles. The van der Waals surface area contributed by atoms with E-state index >= 15 is 0 Å². The lowest BCUT2D eigenvalue weighted by atomic mass is 10.1. The highest BCUT2D eigenvalue weighted by molar-refractivity contribution is 5.90. The molecule has 34 heavy (non-hydrogen) atoms. The van der Waals surface area contributed by atoms with Crippen molar-refractivity contribution in [2.24, 2.45) is 7.05 Å². The monoisotopic (exact) mass is 471 g/mol. The summed E-state index contributed by atoms with van der Waals surface area (Å²) in [5, 5.41) is 22.3. The van der Waals surface area contributed by atoms with E-state index in [-0.39, 0.29) is 19.0 Å². The second-order valence-corrected chi connectivity index (χ2v) is 7.21. The van der Waals surface area contributed by atoms with Gasteiger partial charge in [0.1, 0.15) is 19.2 Å². The number of nitrogens with one attached hydrogen (secondary N) is 1. The number of Topliss-reactive ketones (excluding diaryl/α,β-unsaturated/α-hetero) is 1. The molecule has 14 nitrogen and oxygen atoms in total. The van der Waals surface area contributed by atoms with Crippen LogP contribution in [0.15, 0.2) is 52.2 Å². The van der Waals surface area contributed by atoms with E-state index < -0.39 is 48.1 Å². The lowest BCUT2D eigenvalue weighted by molar-refractivity contribution is -0.139. The highest BCUT2D eigenvalue weighted by Gasteiger charge is 2.26. The van der Waals surface area contributed by atoms with Crippen LogP contribution in [0.25, 0.3) is 0 Å². The molecule has 0 aliphatic heterocycles. The molecule has 0 saturated heterocycles. The van der Waals surface area contributed by atoms with Crippen molar-refractivity contribution >= 4 is 17.8 Å². The third kappa shape index (κ3) is 6.21. The molecule has 1 aromatic carbocycles. The van der Waals surface area contributed by atoms with Gasteiger partial charge in [0, 0.05) is 19.3 Å². The zero-order chi connectivity index (χ0) is 24.7. The summed E-state index contributed by atoms with van der Waals surface area (Å²) in [6.07, 6.45) is -0.359. The van der Waals surface area contributed by atoms with Crippen molar-refractivity contribution in [3.8, 4) is 0 Å². The highest BCUT2D eigenvalue weighted by Crippen LogP contribution is 2.04. The van der Waals surface area contributed by atoms with Crippen molar-refractivity contribution in [3.05, 3.63) is 74.8 Å². The second-order valence-electron chi connectivity index (χ2n) is 7.21. The van der Waals surface area contributed by atoms with E-state index in [1.165, 1.54) is 23.9 Å². The third-order valence-electron chi connectivity index (χ3n) is 4.72. The van der Waals surface area contributed by atoms with E-state index in [9.17, 15) is 24.0 Å². The molecule has 3 rings (SSSR count). The summed E-state index contributed by atoms with van der Waals surface area (Å²) in [6, 6.07) is 8.55. The lowest BCUT2D eigenvalue weighted by Crippen LogP contribution is -2.44. The van der Waals surface area contributed by atoms with Gasteiger partial charge in [-0.25, -0.2) is 14.3 Å². The van der Waals surface area contributed by atoms with Crippen LogP contribution in [0.5, 0.6) is 0 Å². The molecule has 1 unspecified atom stereocenters. The van der Waals surface area contributed by atoms with E-state index in [4.69, 9.17) is 9.84 Å². The normalized spacial score (nSPS) is 11.6. The van der Waals surface area contributed by atoms with Gasteiger partial charge in [-0.2, -0.15) is 0 Å². The first-order valence-corrected chi connectivity index (χ1v) is 9.98. The Kier molecular flexibility index (Phi) is 7.63. The maximum atomic E-state index is 12.8. The number of ether oxygens (including phenoxy) is 1. The number of carbonyl (C=O) groups is 3. The zero-order valence-electron chi connectivity index (χ0n) is 18.0. The van der Waals surface area contributed by atoms with Crippen molar-refractivity contribution in [3.63, 3.8) is 0 Å². The van der Waals surface area contributed by atoms with E-state index in [1.807, 2.05) is 0 Å². The van der Waals surface area contributed by atoms with Gasteiger partial charge in [0.05, 0.1) is 13.0 Å². The molecule has 2 N–H and O–H groups in total. The van der Waals surface area contributed by atoms with Crippen molar-refractivity contribution in [2.45, 2.75) is 32.2 Å². The number of benzene rings is 1. The Hall–Kier alpha value is -4.62. The molecule has 0 radical (unpaired) electrons. The number of alkyl carbamates (subject to hydrolysis) is 1.